The largest absolute Gasteiger partial charge is 0.481 e. The van der Waals surface area contributed by atoms with Crippen LogP contribution in [0.4, 0.5) is 5.69 Å². The van der Waals surface area contributed by atoms with E-state index in [0.717, 1.165) is 5.69 Å². The third kappa shape index (κ3) is 2.72. The van der Waals surface area contributed by atoms with Gasteiger partial charge in [-0.25, -0.2) is 4.98 Å². The Balaban J connectivity index is 2.98. The van der Waals surface area contributed by atoms with Gasteiger partial charge in [-0.15, -0.1) is 0 Å². The monoisotopic (exact) mass is 252 g/mol. The van der Waals surface area contributed by atoms with Crippen molar-refractivity contribution in [3.63, 3.8) is 0 Å². The fourth-order valence-electron chi connectivity index (χ4n) is 1.38. The maximum Gasteiger partial charge on any atom is 0.311 e. The Kier molecular flexibility index (Phi) is 3.84. The molecule has 0 aliphatic carbocycles. The first kappa shape index (κ1) is 14.3. The SMILES string of the molecule is COc1cc(NC(C)(C)C(C)(C)C(=O)O)ccn1. The molecule has 0 atom stereocenters. The second-order valence-electron chi connectivity index (χ2n) is 5.27. The van der Waals surface area contributed by atoms with Gasteiger partial charge in [0.1, 0.15) is 0 Å². The highest BCUT2D eigenvalue weighted by Gasteiger charge is 2.43. The Labute approximate surface area is 107 Å². The molecule has 0 fully saturated rings. The first-order valence-electron chi connectivity index (χ1n) is 5.72. The highest BCUT2D eigenvalue weighted by Crippen LogP contribution is 2.34. The zero-order valence-corrected chi connectivity index (χ0v) is 11.4. The standard InChI is InChI=1S/C13H20N2O3/c1-12(2,11(16)17)13(3,4)15-9-6-7-14-10(8-9)18-5/h6-8H,1-5H3,(H,14,15)(H,16,17). The molecule has 0 saturated carbocycles. The topological polar surface area (TPSA) is 71.5 Å². The fraction of sp³-hybridized carbons (Fsp3) is 0.538. The van der Waals surface area contributed by atoms with Crippen molar-refractivity contribution in [3.8, 4) is 5.88 Å². The zero-order valence-electron chi connectivity index (χ0n) is 11.4. The number of aromatic nitrogens is 1. The molecule has 18 heavy (non-hydrogen) atoms. The van der Waals surface area contributed by atoms with Crippen LogP contribution in [0.15, 0.2) is 18.3 Å². The molecule has 5 heteroatoms. The van der Waals surface area contributed by atoms with E-state index in [1.165, 1.54) is 0 Å². The lowest BCUT2D eigenvalue weighted by Crippen LogP contribution is -2.50. The Morgan fingerprint density at radius 2 is 2.00 bits per heavy atom. The van der Waals surface area contributed by atoms with Crippen molar-refractivity contribution >= 4 is 11.7 Å². The number of nitrogens with zero attached hydrogens (tertiary/aromatic N) is 1. The van der Waals surface area contributed by atoms with Gasteiger partial charge in [-0.2, -0.15) is 0 Å². The van der Waals surface area contributed by atoms with Crippen LogP contribution in [0.5, 0.6) is 5.88 Å². The maximum atomic E-state index is 11.3. The molecule has 0 amide bonds. The minimum Gasteiger partial charge on any atom is -0.481 e. The summed E-state index contributed by atoms with van der Waals surface area (Å²) >= 11 is 0. The van der Waals surface area contributed by atoms with Crippen LogP contribution >= 0.6 is 0 Å². The molecule has 1 heterocycles. The third-order valence-corrected chi connectivity index (χ3v) is 3.50. The van der Waals surface area contributed by atoms with Crippen LogP contribution in [-0.4, -0.2) is 28.7 Å². The Hall–Kier alpha value is -1.78. The van der Waals surface area contributed by atoms with Crippen LogP contribution in [0.25, 0.3) is 0 Å². The van der Waals surface area contributed by atoms with E-state index in [0.29, 0.717) is 5.88 Å². The van der Waals surface area contributed by atoms with E-state index in [9.17, 15) is 9.90 Å². The lowest BCUT2D eigenvalue weighted by atomic mass is 9.74. The van der Waals surface area contributed by atoms with Gasteiger partial charge in [0.15, 0.2) is 0 Å². The number of aliphatic carboxylic acids is 1. The first-order chi connectivity index (χ1) is 8.20. The molecule has 5 nitrogen and oxygen atoms in total. The quantitative estimate of drug-likeness (QED) is 0.842. The average molecular weight is 252 g/mol. The summed E-state index contributed by atoms with van der Waals surface area (Å²) in [4.78, 5) is 15.3. The second kappa shape index (κ2) is 4.84. The van der Waals surface area contributed by atoms with Crippen LogP contribution in [0, 0.1) is 5.41 Å². The lowest BCUT2D eigenvalue weighted by Gasteiger charge is -2.39. The number of rotatable bonds is 5. The summed E-state index contributed by atoms with van der Waals surface area (Å²) in [6.07, 6.45) is 1.62. The van der Waals surface area contributed by atoms with E-state index < -0.39 is 16.9 Å². The number of hydrogen-bond donors (Lipinski definition) is 2. The molecule has 100 valence electrons. The van der Waals surface area contributed by atoms with Crippen LogP contribution in [0.2, 0.25) is 0 Å². The Bertz CT molecular complexity index is 442. The van der Waals surface area contributed by atoms with Gasteiger partial charge >= 0.3 is 5.97 Å². The molecule has 0 bridgehead atoms. The van der Waals surface area contributed by atoms with Crippen LogP contribution in [0.3, 0.4) is 0 Å². The molecule has 0 aliphatic heterocycles. The highest BCUT2D eigenvalue weighted by molar-refractivity contribution is 5.76. The number of carboxylic acid groups (broad SMARTS) is 1. The van der Waals surface area contributed by atoms with Crippen LogP contribution in [0.1, 0.15) is 27.7 Å². The molecule has 0 aromatic carbocycles. The summed E-state index contributed by atoms with van der Waals surface area (Å²) in [5.74, 6) is -0.357. The number of nitrogens with one attached hydrogen (secondary N) is 1. The van der Waals surface area contributed by atoms with Gasteiger partial charge in [0.25, 0.3) is 0 Å². The molecular weight excluding hydrogens is 232 g/mol. The van der Waals surface area contributed by atoms with E-state index >= 15 is 0 Å². The number of hydrogen-bond acceptors (Lipinski definition) is 4. The van der Waals surface area contributed by atoms with Crippen molar-refractivity contribution in [1.82, 2.24) is 4.98 Å². The van der Waals surface area contributed by atoms with Gasteiger partial charge < -0.3 is 15.2 Å². The minimum absolute atomic E-state index is 0.490. The molecule has 0 aliphatic rings. The number of carboxylic acids is 1. The van der Waals surface area contributed by atoms with E-state index in [4.69, 9.17) is 4.74 Å². The fourth-order valence-corrected chi connectivity index (χ4v) is 1.38. The summed E-state index contributed by atoms with van der Waals surface area (Å²) < 4.78 is 5.03. The number of anilines is 1. The maximum absolute atomic E-state index is 11.3. The van der Waals surface area contributed by atoms with Crippen molar-refractivity contribution in [2.45, 2.75) is 33.2 Å². The summed E-state index contributed by atoms with van der Waals surface area (Å²) in [5, 5.41) is 12.5. The smallest absolute Gasteiger partial charge is 0.311 e. The molecule has 2 N–H and O–H groups in total. The second-order valence-corrected chi connectivity index (χ2v) is 5.27. The molecular formula is C13H20N2O3. The number of ether oxygens (including phenoxy) is 1. The molecule has 0 radical (unpaired) electrons. The van der Waals surface area contributed by atoms with Gasteiger partial charge in [0.2, 0.25) is 5.88 Å². The first-order valence-corrected chi connectivity index (χ1v) is 5.72. The van der Waals surface area contributed by atoms with E-state index in [1.54, 1.807) is 39.3 Å². The van der Waals surface area contributed by atoms with Crippen LogP contribution < -0.4 is 10.1 Å². The van der Waals surface area contributed by atoms with Crippen molar-refractivity contribution in [3.05, 3.63) is 18.3 Å². The summed E-state index contributed by atoms with van der Waals surface area (Å²) in [6.45, 7) is 7.10. The predicted molar refractivity (Wildman–Crippen MR) is 69.9 cm³/mol. The molecule has 0 unspecified atom stereocenters. The third-order valence-electron chi connectivity index (χ3n) is 3.50. The summed E-state index contributed by atoms with van der Waals surface area (Å²) in [6, 6.07) is 3.52. The normalized spacial score (nSPS) is 12.1. The summed E-state index contributed by atoms with van der Waals surface area (Å²) in [5.41, 5.74) is -0.754. The van der Waals surface area contributed by atoms with Crippen molar-refractivity contribution in [2.24, 2.45) is 5.41 Å². The Morgan fingerprint density at radius 1 is 1.39 bits per heavy atom. The molecule has 0 spiro atoms. The molecule has 1 aromatic heterocycles. The van der Waals surface area contributed by atoms with Crippen molar-refractivity contribution in [1.29, 1.82) is 0 Å². The van der Waals surface area contributed by atoms with E-state index in [-0.39, 0.29) is 0 Å². The zero-order chi connectivity index (χ0) is 14.0. The van der Waals surface area contributed by atoms with Gasteiger partial charge in [0.05, 0.1) is 12.5 Å². The summed E-state index contributed by atoms with van der Waals surface area (Å²) in [7, 11) is 1.54. The van der Waals surface area contributed by atoms with Crippen molar-refractivity contribution < 1.29 is 14.6 Å². The lowest BCUT2D eigenvalue weighted by molar-refractivity contribution is -0.149. The highest BCUT2D eigenvalue weighted by atomic mass is 16.5. The predicted octanol–water partition coefficient (Wildman–Crippen LogP) is 2.39. The molecule has 0 saturated heterocycles. The molecule has 1 aromatic rings. The van der Waals surface area contributed by atoms with Gasteiger partial charge in [-0.05, 0) is 33.8 Å². The van der Waals surface area contributed by atoms with Crippen LogP contribution in [-0.2, 0) is 4.79 Å². The van der Waals surface area contributed by atoms with E-state index in [1.807, 2.05) is 13.8 Å². The van der Waals surface area contributed by atoms with Gasteiger partial charge in [0, 0.05) is 23.5 Å². The average Bonchev–Trinajstić information content (AvgIpc) is 2.28. The number of carbonyl (C=O) groups is 1. The minimum atomic E-state index is -0.913. The van der Waals surface area contributed by atoms with E-state index in [2.05, 4.69) is 10.3 Å². The Morgan fingerprint density at radius 3 is 2.50 bits per heavy atom. The van der Waals surface area contributed by atoms with Gasteiger partial charge in [-0.3, -0.25) is 4.79 Å². The van der Waals surface area contributed by atoms with Crippen molar-refractivity contribution in [2.75, 3.05) is 12.4 Å². The number of methoxy groups -OCH3 is 1. The molecule has 1 rings (SSSR count). The number of pyridine rings is 1. The van der Waals surface area contributed by atoms with Gasteiger partial charge in [-0.1, -0.05) is 0 Å².